The largest absolute Gasteiger partial charge is 0.490 e. The third-order valence-electron chi connectivity index (χ3n) is 6.81. The molecule has 6 heteroatoms. The molecule has 2 heterocycles. The first-order valence-corrected chi connectivity index (χ1v) is 12.0. The zero-order chi connectivity index (χ0) is 22.9. The molecule has 5 rings (SSSR count). The molecule has 0 unspecified atom stereocenters. The average molecular weight is 446 g/mol. The van der Waals surface area contributed by atoms with E-state index < -0.39 is 0 Å². The van der Waals surface area contributed by atoms with Gasteiger partial charge in [0.1, 0.15) is 11.9 Å². The maximum atomic E-state index is 13.5. The van der Waals surface area contributed by atoms with Crippen LogP contribution in [-0.2, 0) is 0 Å². The van der Waals surface area contributed by atoms with Crippen molar-refractivity contribution >= 4 is 16.7 Å². The number of carbonyl (C=O) groups excluding carboxylic acids is 1. The summed E-state index contributed by atoms with van der Waals surface area (Å²) in [4.78, 5) is 28.4. The van der Waals surface area contributed by atoms with E-state index in [1.165, 1.54) is 0 Å². The molecule has 0 atom stereocenters. The molecule has 3 aromatic rings. The number of amides is 1. The number of ether oxygens (including phenoxy) is 1. The molecule has 0 bridgehead atoms. The summed E-state index contributed by atoms with van der Waals surface area (Å²) in [5.41, 5.74) is 2.13. The van der Waals surface area contributed by atoms with Crippen molar-refractivity contribution in [3.05, 3.63) is 70.1 Å². The van der Waals surface area contributed by atoms with Gasteiger partial charge in [0.15, 0.2) is 0 Å². The average Bonchev–Trinajstić information content (AvgIpc) is 3.65. The molecule has 2 aliphatic rings. The van der Waals surface area contributed by atoms with Crippen molar-refractivity contribution in [2.75, 3.05) is 19.6 Å². The van der Waals surface area contributed by atoms with Gasteiger partial charge >= 0.3 is 0 Å². The molecule has 0 radical (unpaired) electrons. The standard InChI is InChI=1S/C27H31N3O3/c1-3-29-13-11-22(12-14-29)33-23-9-6-19-10-15-30(27(32)24(19)17-23)25-16-20(5-4-18(25)2)26(31)28-21-7-8-21/h4-6,9-10,15-17,21-22H,3,7-8,11-14H2,1-2H3,(H,28,31). The number of nitrogens with zero attached hydrogens (tertiary/aromatic N) is 2. The van der Waals surface area contributed by atoms with Crippen molar-refractivity contribution in [3.63, 3.8) is 0 Å². The number of fused-ring (bicyclic) bond motifs is 1. The van der Waals surface area contributed by atoms with E-state index >= 15 is 0 Å². The van der Waals surface area contributed by atoms with Gasteiger partial charge in [-0.25, -0.2) is 0 Å². The zero-order valence-corrected chi connectivity index (χ0v) is 19.3. The van der Waals surface area contributed by atoms with Gasteiger partial charge in [0.05, 0.1) is 11.1 Å². The molecule has 1 aliphatic carbocycles. The Morgan fingerprint density at radius 1 is 1.06 bits per heavy atom. The number of benzene rings is 2. The van der Waals surface area contributed by atoms with Crippen LogP contribution in [0.5, 0.6) is 5.75 Å². The number of aryl methyl sites for hydroxylation is 1. The summed E-state index contributed by atoms with van der Waals surface area (Å²) in [6, 6.07) is 13.5. The molecule has 1 aliphatic heterocycles. The van der Waals surface area contributed by atoms with Crippen LogP contribution in [0.15, 0.2) is 53.5 Å². The van der Waals surface area contributed by atoms with Crippen LogP contribution in [0, 0.1) is 6.92 Å². The van der Waals surface area contributed by atoms with Crippen LogP contribution < -0.4 is 15.6 Å². The van der Waals surface area contributed by atoms with Gasteiger partial charge < -0.3 is 15.0 Å². The van der Waals surface area contributed by atoms with E-state index in [2.05, 4.69) is 17.1 Å². The van der Waals surface area contributed by atoms with Gasteiger partial charge in [-0.1, -0.05) is 19.1 Å². The molecule has 1 saturated carbocycles. The molecule has 33 heavy (non-hydrogen) atoms. The second-order valence-electron chi connectivity index (χ2n) is 9.24. The lowest BCUT2D eigenvalue weighted by Gasteiger charge is -2.31. The number of nitrogens with one attached hydrogen (secondary N) is 1. The second kappa shape index (κ2) is 9.02. The highest BCUT2D eigenvalue weighted by Crippen LogP contribution is 2.24. The Morgan fingerprint density at radius 3 is 2.58 bits per heavy atom. The Kier molecular flexibility index (Phi) is 5.94. The first kappa shape index (κ1) is 21.7. The minimum absolute atomic E-state index is 0.0857. The summed E-state index contributed by atoms with van der Waals surface area (Å²) in [6.07, 6.45) is 6.05. The van der Waals surface area contributed by atoms with Gasteiger partial charge in [-0.15, -0.1) is 0 Å². The van der Waals surface area contributed by atoms with Crippen LogP contribution in [0.1, 0.15) is 48.5 Å². The molecule has 1 amide bonds. The normalized spacial score (nSPS) is 17.3. The molecule has 2 aromatic carbocycles. The molecular weight excluding hydrogens is 414 g/mol. The summed E-state index contributed by atoms with van der Waals surface area (Å²) in [7, 11) is 0. The highest BCUT2D eigenvalue weighted by molar-refractivity contribution is 5.95. The van der Waals surface area contributed by atoms with E-state index in [0.717, 1.165) is 67.7 Å². The lowest BCUT2D eigenvalue weighted by molar-refractivity contribution is 0.0951. The molecule has 1 saturated heterocycles. The summed E-state index contributed by atoms with van der Waals surface area (Å²) in [6.45, 7) is 7.31. The van der Waals surface area contributed by atoms with Crippen molar-refractivity contribution in [2.24, 2.45) is 0 Å². The van der Waals surface area contributed by atoms with Gasteiger partial charge in [-0.3, -0.25) is 14.2 Å². The van der Waals surface area contributed by atoms with Crippen LogP contribution in [0.4, 0.5) is 0 Å². The molecular formula is C27H31N3O3. The summed E-state index contributed by atoms with van der Waals surface area (Å²) in [5.74, 6) is 0.652. The van der Waals surface area contributed by atoms with Gasteiger partial charge in [-0.2, -0.15) is 0 Å². The van der Waals surface area contributed by atoms with Crippen LogP contribution in [0.3, 0.4) is 0 Å². The predicted molar refractivity (Wildman–Crippen MR) is 131 cm³/mol. The Labute approximate surface area is 194 Å². The van der Waals surface area contributed by atoms with Crippen LogP contribution in [-0.4, -0.2) is 47.2 Å². The van der Waals surface area contributed by atoms with Gasteiger partial charge in [0.25, 0.3) is 11.5 Å². The smallest absolute Gasteiger partial charge is 0.263 e. The third-order valence-corrected chi connectivity index (χ3v) is 6.81. The van der Waals surface area contributed by atoms with Crippen LogP contribution in [0.2, 0.25) is 0 Å². The van der Waals surface area contributed by atoms with Crippen molar-refractivity contribution in [3.8, 4) is 11.4 Å². The van der Waals surface area contributed by atoms with E-state index in [1.807, 2.05) is 49.4 Å². The molecule has 2 fully saturated rings. The number of aromatic nitrogens is 1. The fraction of sp³-hybridized carbons (Fsp3) is 0.407. The van der Waals surface area contributed by atoms with E-state index in [4.69, 9.17) is 4.74 Å². The molecule has 6 nitrogen and oxygen atoms in total. The summed E-state index contributed by atoms with van der Waals surface area (Å²) < 4.78 is 7.88. The Hall–Kier alpha value is -3.12. The maximum absolute atomic E-state index is 13.5. The van der Waals surface area contributed by atoms with E-state index in [0.29, 0.717) is 17.0 Å². The zero-order valence-electron chi connectivity index (χ0n) is 19.3. The predicted octanol–water partition coefficient (Wildman–Crippen LogP) is 4.05. The van der Waals surface area contributed by atoms with Crippen molar-refractivity contribution in [1.82, 2.24) is 14.8 Å². The first-order valence-electron chi connectivity index (χ1n) is 12.0. The number of piperidine rings is 1. The topological polar surface area (TPSA) is 63.6 Å². The van der Waals surface area contributed by atoms with Crippen molar-refractivity contribution < 1.29 is 9.53 Å². The summed E-state index contributed by atoms with van der Waals surface area (Å²) >= 11 is 0. The van der Waals surface area contributed by atoms with Crippen molar-refractivity contribution in [1.29, 1.82) is 0 Å². The lowest BCUT2D eigenvalue weighted by atomic mass is 10.1. The quantitative estimate of drug-likeness (QED) is 0.622. The molecule has 0 spiro atoms. The first-order chi connectivity index (χ1) is 16.0. The Morgan fingerprint density at radius 2 is 1.85 bits per heavy atom. The Balaban J connectivity index is 1.44. The highest BCUT2D eigenvalue weighted by atomic mass is 16.5. The van der Waals surface area contributed by atoms with Gasteiger partial charge in [-0.05, 0) is 80.4 Å². The number of pyridine rings is 1. The number of rotatable bonds is 6. The molecule has 172 valence electrons. The highest BCUT2D eigenvalue weighted by Gasteiger charge is 2.24. The fourth-order valence-corrected chi connectivity index (χ4v) is 4.52. The van der Waals surface area contributed by atoms with Gasteiger partial charge in [0.2, 0.25) is 0 Å². The van der Waals surface area contributed by atoms with Gasteiger partial charge in [0, 0.05) is 30.9 Å². The fourth-order valence-electron chi connectivity index (χ4n) is 4.52. The minimum atomic E-state index is -0.110. The lowest BCUT2D eigenvalue weighted by Crippen LogP contribution is -2.38. The SMILES string of the molecule is CCN1CCC(Oc2ccc3ccn(-c4cc(C(=O)NC5CC5)ccc4C)c(=O)c3c2)CC1. The summed E-state index contributed by atoms with van der Waals surface area (Å²) in [5, 5.41) is 4.52. The van der Waals surface area contributed by atoms with Crippen LogP contribution >= 0.6 is 0 Å². The van der Waals surface area contributed by atoms with Crippen LogP contribution in [0.25, 0.3) is 16.5 Å². The van der Waals surface area contributed by atoms with E-state index in [9.17, 15) is 9.59 Å². The molecule has 1 aromatic heterocycles. The van der Waals surface area contributed by atoms with E-state index in [1.54, 1.807) is 10.8 Å². The number of hydrogen-bond donors (Lipinski definition) is 1. The maximum Gasteiger partial charge on any atom is 0.263 e. The monoisotopic (exact) mass is 445 g/mol. The number of carbonyl (C=O) groups is 1. The Bertz CT molecular complexity index is 1240. The minimum Gasteiger partial charge on any atom is -0.490 e. The second-order valence-corrected chi connectivity index (χ2v) is 9.24. The third kappa shape index (κ3) is 4.67. The molecule has 1 N–H and O–H groups in total. The number of likely N-dealkylation sites (tertiary alicyclic amines) is 1. The van der Waals surface area contributed by atoms with E-state index in [-0.39, 0.29) is 17.6 Å². The number of hydrogen-bond acceptors (Lipinski definition) is 4. The van der Waals surface area contributed by atoms with Crippen molar-refractivity contribution in [2.45, 2.75) is 51.7 Å².